The molecule has 2 fully saturated rings. The molecule has 0 unspecified atom stereocenters. The Morgan fingerprint density at radius 2 is 1.23 bits per heavy atom. The van der Waals surface area contributed by atoms with Crippen molar-refractivity contribution in [1.29, 1.82) is 0 Å². The van der Waals surface area contributed by atoms with E-state index in [1.165, 1.54) is 12.0 Å². The van der Waals surface area contributed by atoms with Gasteiger partial charge in [0.2, 0.25) is 5.91 Å². The summed E-state index contributed by atoms with van der Waals surface area (Å²) in [5, 5.41) is 2.69. The minimum atomic E-state index is -0.873. The summed E-state index contributed by atoms with van der Waals surface area (Å²) in [5.41, 5.74) is 5.29. The third kappa shape index (κ3) is 9.31. The van der Waals surface area contributed by atoms with Crippen LogP contribution in [0.5, 0.6) is 0 Å². The fourth-order valence-corrected chi connectivity index (χ4v) is 7.27. The van der Waals surface area contributed by atoms with Crippen LogP contribution < -0.4 is 5.32 Å². The molecule has 4 heterocycles. The molecule has 2 aliphatic rings. The Balaban J connectivity index is 1.07. The molecular weight excluding hydrogens is 725 g/mol. The number of amides is 4. The lowest BCUT2D eigenvalue weighted by atomic mass is 10.0. The summed E-state index contributed by atoms with van der Waals surface area (Å²) in [7, 11) is 4.48. The summed E-state index contributed by atoms with van der Waals surface area (Å²) in [4.78, 5) is 72.3. The van der Waals surface area contributed by atoms with Gasteiger partial charge in [0, 0.05) is 38.3 Å². The van der Waals surface area contributed by atoms with Gasteiger partial charge in [0.1, 0.15) is 17.7 Å². The van der Waals surface area contributed by atoms with Crippen molar-refractivity contribution in [2.75, 3.05) is 34.3 Å². The number of aromatic nitrogens is 4. The van der Waals surface area contributed by atoms with Crippen LogP contribution in [0, 0.1) is 23.7 Å². The molecule has 57 heavy (non-hydrogen) atoms. The quantitative estimate of drug-likeness (QED) is 0.158. The average molecular weight is 777 g/mol. The van der Waals surface area contributed by atoms with Crippen molar-refractivity contribution >= 4 is 24.0 Å². The van der Waals surface area contributed by atoms with Crippen molar-refractivity contribution in [3.63, 3.8) is 0 Å². The van der Waals surface area contributed by atoms with Crippen LogP contribution in [0.15, 0.2) is 60.9 Å². The molecule has 4 aromatic rings. The number of likely N-dealkylation sites (tertiary alicyclic amines) is 2. The van der Waals surface area contributed by atoms with E-state index in [0.717, 1.165) is 59.3 Å². The summed E-state index contributed by atoms with van der Waals surface area (Å²) in [6.45, 7) is 8.70. The first-order chi connectivity index (χ1) is 27.3. The second-order valence-corrected chi connectivity index (χ2v) is 15.4. The number of carbonyl (C=O) groups is 4. The van der Waals surface area contributed by atoms with Crippen LogP contribution in [0.2, 0.25) is 0 Å². The molecule has 2 aromatic heterocycles. The Kier molecular flexibility index (Phi) is 12.7. The maximum Gasteiger partial charge on any atom is 0.410 e. The molecule has 14 nitrogen and oxygen atoms in total. The number of methoxy groups -OCH3 is 1. The lowest BCUT2D eigenvalue weighted by Gasteiger charge is -2.30. The second-order valence-electron chi connectivity index (χ2n) is 15.4. The monoisotopic (exact) mass is 776 g/mol. The fourth-order valence-electron chi connectivity index (χ4n) is 7.27. The number of ether oxygens (including phenoxy) is 2. The van der Waals surface area contributed by atoms with Crippen LogP contribution in [-0.4, -0.2) is 105 Å². The number of H-pyrrole nitrogens is 2. The molecule has 0 spiro atoms. The topological polar surface area (TPSA) is 166 Å². The molecular formula is C43H52N8O6. The van der Waals surface area contributed by atoms with Crippen LogP contribution in [0.1, 0.15) is 88.2 Å². The van der Waals surface area contributed by atoms with E-state index in [-0.39, 0.29) is 35.7 Å². The van der Waals surface area contributed by atoms with Gasteiger partial charge in [0.05, 0.1) is 43.0 Å². The molecule has 2 aliphatic heterocycles. The minimum absolute atomic E-state index is 0.107. The lowest BCUT2D eigenvalue weighted by Crippen LogP contribution is -2.51. The van der Waals surface area contributed by atoms with Crippen molar-refractivity contribution in [3.8, 4) is 34.4 Å². The maximum absolute atomic E-state index is 13.6. The highest BCUT2D eigenvalue weighted by Crippen LogP contribution is 2.34. The highest BCUT2D eigenvalue weighted by molar-refractivity contribution is 5.86. The van der Waals surface area contributed by atoms with Gasteiger partial charge in [-0.3, -0.25) is 9.59 Å². The minimum Gasteiger partial charge on any atom is -0.453 e. The van der Waals surface area contributed by atoms with E-state index in [1.807, 2.05) is 76.2 Å². The summed E-state index contributed by atoms with van der Waals surface area (Å²) < 4.78 is 10.3. The highest BCUT2D eigenvalue weighted by atomic mass is 16.6. The number of aromatic amines is 2. The number of imidazole rings is 2. The zero-order chi connectivity index (χ0) is 40.8. The van der Waals surface area contributed by atoms with Gasteiger partial charge in [-0.25, -0.2) is 19.6 Å². The van der Waals surface area contributed by atoms with E-state index < -0.39 is 24.3 Å². The molecule has 4 amide bonds. The van der Waals surface area contributed by atoms with Crippen molar-refractivity contribution in [3.05, 3.63) is 83.7 Å². The Morgan fingerprint density at radius 1 is 0.754 bits per heavy atom. The molecule has 4 atom stereocenters. The van der Waals surface area contributed by atoms with E-state index in [2.05, 4.69) is 37.1 Å². The lowest BCUT2D eigenvalue weighted by molar-refractivity contribution is -0.144. The van der Waals surface area contributed by atoms with Crippen LogP contribution in [0.3, 0.4) is 0 Å². The summed E-state index contributed by atoms with van der Waals surface area (Å²) in [6.07, 6.45) is 4.75. The van der Waals surface area contributed by atoms with Gasteiger partial charge in [0.15, 0.2) is 6.10 Å². The molecule has 0 aliphatic carbocycles. The van der Waals surface area contributed by atoms with Gasteiger partial charge in [-0.1, -0.05) is 63.8 Å². The van der Waals surface area contributed by atoms with Gasteiger partial charge in [0.25, 0.3) is 5.91 Å². The molecule has 2 aromatic carbocycles. The Labute approximate surface area is 333 Å². The Bertz CT molecular complexity index is 2110. The number of hydrogen-bond acceptors (Lipinski definition) is 8. The Hall–Kier alpha value is -6.10. The Morgan fingerprint density at radius 3 is 1.65 bits per heavy atom. The number of carbonyl (C=O) groups excluding carboxylic acids is 4. The molecule has 3 N–H and O–H groups in total. The standard InChI is InChI=1S/C43H52N8O6/c1-26(2)36(48-42(54)56-7)40(52)50-22-8-10-34(50)38-44-24-32(46-38)30-18-14-28(15-19-30)12-13-29-16-20-31(21-17-29)33-25-45-39(47-33)35-11-9-23-51(35)41(53)37(27(3)4)57-43(55)49(5)6/h14-21,24-27,34-37H,8-11,22-23H2,1-7H3,(H,44,46)(H,45,47)(H,48,54)/t34-,35-,36-,37-/m0/s1. The van der Waals surface area contributed by atoms with E-state index in [9.17, 15) is 19.2 Å². The van der Waals surface area contributed by atoms with E-state index >= 15 is 0 Å². The van der Waals surface area contributed by atoms with E-state index in [0.29, 0.717) is 24.7 Å². The van der Waals surface area contributed by atoms with Crippen molar-refractivity contribution in [2.45, 2.75) is 77.6 Å². The van der Waals surface area contributed by atoms with Crippen LogP contribution in [0.4, 0.5) is 9.59 Å². The SMILES string of the molecule is COC(=O)N[C@H](C(=O)N1CCC[C@H]1c1ncc(-c2ccc(C#Cc3ccc(-c4cnc([C@@H]5CCCN5C(=O)[C@@H](OC(=O)N(C)C)C(C)C)[nH]4)cc3)cc2)[nH]1)C(C)C. The first-order valence-corrected chi connectivity index (χ1v) is 19.5. The molecule has 2 saturated heterocycles. The van der Waals surface area contributed by atoms with Crippen molar-refractivity contribution < 1.29 is 28.7 Å². The molecule has 14 heteroatoms. The average Bonchev–Trinajstić information content (AvgIpc) is 4.04. The molecule has 0 bridgehead atoms. The zero-order valence-corrected chi connectivity index (χ0v) is 33.7. The van der Waals surface area contributed by atoms with Gasteiger partial charge in [-0.15, -0.1) is 0 Å². The molecule has 6 rings (SSSR count). The number of benzene rings is 2. The van der Waals surface area contributed by atoms with Gasteiger partial charge in [-0.2, -0.15) is 0 Å². The fraction of sp³-hybridized carbons (Fsp3) is 0.442. The first kappa shape index (κ1) is 40.6. The number of nitrogens with one attached hydrogen (secondary N) is 3. The van der Waals surface area contributed by atoms with Crippen LogP contribution in [-0.2, 0) is 19.1 Å². The third-order valence-corrected chi connectivity index (χ3v) is 10.5. The number of rotatable bonds is 10. The van der Waals surface area contributed by atoms with E-state index in [1.54, 1.807) is 36.3 Å². The highest BCUT2D eigenvalue weighted by Gasteiger charge is 2.39. The second kappa shape index (κ2) is 17.8. The van der Waals surface area contributed by atoms with Crippen LogP contribution in [0.25, 0.3) is 22.5 Å². The summed E-state index contributed by atoms with van der Waals surface area (Å²) in [5.74, 6) is 7.27. The predicted molar refractivity (Wildman–Crippen MR) is 214 cm³/mol. The number of alkyl carbamates (subject to hydrolysis) is 1. The third-order valence-electron chi connectivity index (χ3n) is 10.5. The van der Waals surface area contributed by atoms with Crippen LogP contribution >= 0.6 is 0 Å². The normalized spacial score (nSPS) is 17.6. The van der Waals surface area contributed by atoms with Gasteiger partial charge >= 0.3 is 12.2 Å². The largest absolute Gasteiger partial charge is 0.453 e. The molecule has 0 radical (unpaired) electrons. The van der Waals surface area contributed by atoms with Crippen molar-refractivity contribution in [2.24, 2.45) is 11.8 Å². The maximum atomic E-state index is 13.6. The first-order valence-electron chi connectivity index (χ1n) is 19.5. The summed E-state index contributed by atoms with van der Waals surface area (Å²) >= 11 is 0. The number of hydrogen-bond donors (Lipinski definition) is 3. The molecule has 0 saturated carbocycles. The number of nitrogens with zero attached hydrogens (tertiary/aromatic N) is 5. The predicted octanol–water partition coefficient (Wildman–Crippen LogP) is 6.30. The van der Waals surface area contributed by atoms with Gasteiger partial charge < -0.3 is 39.5 Å². The summed E-state index contributed by atoms with van der Waals surface area (Å²) in [6, 6.07) is 14.7. The van der Waals surface area contributed by atoms with Gasteiger partial charge in [-0.05, 0) is 72.9 Å². The van der Waals surface area contributed by atoms with E-state index in [4.69, 9.17) is 9.47 Å². The smallest absolute Gasteiger partial charge is 0.410 e. The molecule has 300 valence electrons. The zero-order valence-electron chi connectivity index (χ0n) is 33.7. The van der Waals surface area contributed by atoms with Crippen molar-refractivity contribution in [1.82, 2.24) is 40.0 Å².